The van der Waals surface area contributed by atoms with Gasteiger partial charge in [-0.05, 0) is 42.9 Å². The zero-order valence-electron chi connectivity index (χ0n) is 13.7. The Bertz CT molecular complexity index is 470. The van der Waals surface area contributed by atoms with Crippen LogP contribution < -0.4 is 15.8 Å². The van der Waals surface area contributed by atoms with Crippen molar-refractivity contribution in [3.05, 3.63) is 29.8 Å². The lowest BCUT2D eigenvalue weighted by atomic mass is 9.85. The Kier molecular flexibility index (Phi) is 6.25. The zero-order chi connectivity index (χ0) is 15.9. The molecule has 22 heavy (non-hydrogen) atoms. The van der Waals surface area contributed by atoms with E-state index in [9.17, 15) is 4.79 Å². The zero-order valence-corrected chi connectivity index (χ0v) is 13.7. The van der Waals surface area contributed by atoms with Gasteiger partial charge in [0.2, 0.25) is 5.91 Å². The number of hydrogen-bond donors (Lipinski definition) is 2. The third-order valence-corrected chi connectivity index (χ3v) is 4.30. The Morgan fingerprint density at radius 2 is 2.05 bits per heavy atom. The maximum absolute atomic E-state index is 12.1. The van der Waals surface area contributed by atoms with Crippen LogP contribution in [0.25, 0.3) is 0 Å². The van der Waals surface area contributed by atoms with E-state index < -0.39 is 0 Å². The van der Waals surface area contributed by atoms with E-state index in [0.29, 0.717) is 19.1 Å². The number of rotatable bonds is 6. The fourth-order valence-corrected chi connectivity index (χ4v) is 2.90. The molecule has 1 aliphatic carbocycles. The van der Waals surface area contributed by atoms with Gasteiger partial charge in [-0.15, -0.1) is 0 Å². The van der Waals surface area contributed by atoms with Crippen molar-refractivity contribution in [3.63, 3.8) is 0 Å². The van der Waals surface area contributed by atoms with E-state index >= 15 is 0 Å². The van der Waals surface area contributed by atoms with Crippen LogP contribution in [0.1, 0.15) is 51.0 Å². The van der Waals surface area contributed by atoms with Crippen LogP contribution >= 0.6 is 0 Å². The van der Waals surface area contributed by atoms with E-state index in [0.717, 1.165) is 31.4 Å². The van der Waals surface area contributed by atoms with Crippen LogP contribution in [0.2, 0.25) is 0 Å². The van der Waals surface area contributed by atoms with E-state index in [1.165, 1.54) is 5.56 Å². The van der Waals surface area contributed by atoms with Crippen LogP contribution in [0.4, 0.5) is 0 Å². The Labute approximate surface area is 133 Å². The minimum absolute atomic E-state index is 0.0778. The van der Waals surface area contributed by atoms with Gasteiger partial charge in [0.25, 0.3) is 0 Å². The summed E-state index contributed by atoms with van der Waals surface area (Å²) in [6.07, 6.45) is 3.86. The molecule has 122 valence electrons. The van der Waals surface area contributed by atoms with E-state index in [1.807, 2.05) is 12.1 Å². The third kappa shape index (κ3) is 5.02. The summed E-state index contributed by atoms with van der Waals surface area (Å²) < 4.78 is 5.66. The fraction of sp³-hybridized carbons (Fsp3) is 0.611. The molecule has 4 heteroatoms. The number of carbonyl (C=O) groups is 1. The second-order valence-corrected chi connectivity index (χ2v) is 6.49. The van der Waals surface area contributed by atoms with Gasteiger partial charge in [0, 0.05) is 12.0 Å². The number of ether oxygens (including phenoxy) is 1. The highest BCUT2D eigenvalue weighted by Crippen LogP contribution is 2.23. The summed E-state index contributed by atoms with van der Waals surface area (Å²) in [7, 11) is 0. The molecule has 0 bridgehead atoms. The van der Waals surface area contributed by atoms with Crippen molar-refractivity contribution < 1.29 is 9.53 Å². The number of hydrogen-bond acceptors (Lipinski definition) is 3. The molecule has 0 saturated heterocycles. The van der Waals surface area contributed by atoms with Gasteiger partial charge in [0.05, 0.1) is 6.54 Å². The highest BCUT2D eigenvalue weighted by atomic mass is 16.5. The first-order chi connectivity index (χ1) is 10.6. The van der Waals surface area contributed by atoms with Gasteiger partial charge in [-0.1, -0.05) is 32.4 Å². The first-order valence-electron chi connectivity index (χ1n) is 8.32. The predicted molar refractivity (Wildman–Crippen MR) is 89.0 cm³/mol. The molecule has 1 aliphatic rings. The maximum Gasteiger partial charge on any atom is 0.223 e. The summed E-state index contributed by atoms with van der Waals surface area (Å²) in [6.45, 7) is 5.37. The van der Waals surface area contributed by atoms with Crippen LogP contribution in [0.15, 0.2) is 24.3 Å². The fourth-order valence-electron chi connectivity index (χ4n) is 2.90. The average Bonchev–Trinajstić information content (AvgIpc) is 2.51. The van der Waals surface area contributed by atoms with Crippen molar-refractivity contribution >= 4 is 5.91 Å². The SMILES string of the molecule is CC(C)c1ccc(OCCNC(=O)C2CCCC(N)C2)cc1. The normalized spacial score (nSPS) is 21.6. The van der Waals surface area contributed by atoms with E-state index in [1.54, 1.807) is 0 Å². The summed E-state index contributed by atoms with van der Waals surface area (Å²) >= 11 is 0. The molecule has 0 radical (unpaired) electrons. The van der Waals surface area contributed by atoms with Crippen LogP contribution in [0, 0.1) is 5.92 Å². The Morgan fingerprint density at radius 3 is 2.68 bits per heavy atom. The Hall–Kier alpha value is -1.55. The summed E-state index contributed by atoms with van der Waals surface area (Å²) in [4.78, 5) is 12.1. The molecular weight excluding hydrogens is 276 g/mol. The second-order valence-electron chi connectivity index (χ2n) is 6.49. The Balaban J connectivity index is 1.67. The van der Waals surface area contributed by atoms with Crippen molar-refractivity contribution in [2.45, 2.75) is 51.5 Å². The van der Waals surface area contributed by atoms with E-state index in [4.69, 9.17) is 10.5 Å². The maximum atomic E-state index is 12.1. The van der Waals surface area contributed by atoms with E-state index in [2.05, 4.69) is 31.3 Å². The molecule has 0 aromatic heterocycles. The molecule has 1 amide bonds. The van der Waals surface area contributed by atoms with Crippen molar-refractivity contribution in [3.8, 4) is 5.75 Å². The van der Waals surface area contributed by atoms with Gasteiger partial charge in [0.1, 0.15) is 12.4 Å². The monoisotopic (exact) mass is 304 g/mol. The number of amides is 1. The molecular formula is C18H28N2O2. The van der Waals surface area contributed by atoms with Crippen molar-refractivity contribution in [2.24, 2.45) is 11.7 Å². The van der Waals surface area contributed by atoms with Crippen molar-refractivity contribution in [1.82, 2.24) is 5.32 Å². The second kappa shape index (κ2) is 8.18. The summed E-state index contributed by atoms with van der Waals surface area (Å²) in [5, 5.41) is 2.95. The van der Waals surface area contributed by atoms with Crippen molar-refractivity contribution in [1.29, 1.82) is 0 Å². The van der Waals surface area contributed by atoms with E-state index in [-0.39, 0.29) is 17.9 Å². The minimum atomic E-state index is 0.0778. The topological polar surface area (TPSA) is 64.3 Å². The largest absolute Gasteiger partial charge is 0.492 e. The molecule has 3 N–H and O–H groups in total. The van der Waals surface area contributed by atoms with Gasteiger partial charge in [-0.25, -0.2) is 0 Å². The molecule has 0 spiro atoms. The molecule has 1 saturated carbocycles. The van der Waals surface area contributed by atoms with Crippen LogP contribution in [-0.4, -0.2) is 25.1 Å². The highest BCUT2D eigenvalue weighted by Gasteiger charge is 2.24. The molecule has 1 fully saturated rings. The lowest BCUT2D eigenvalue weighted by Gasteiger charge is -2.25. The highest BCUT2D eigenvalue weighted by molar-refractivity contribution is 5.78. The lowest BCUT2D eigenvalue weighted by molar-refractivity contribution is -0.126. The first kappa shape index (κ1) is 16.8. The molecule has 2 atom stereocenters. The number of carbonyl (C=O) groups excluding carboxylic acids is 1. The van der Waals surface area contributed by atoms with Crippen LogP contribution in [-0.2, 0) is 4.79 Å². The third-order valence-electron chi connectivity index (χ3n) is 4.30. The first-order valence-corrected chi connectivity index (χ1v) is 8.32. The molecule has 0 aliphatic heterocycles. The molecule has 2 unspecified atom stereocenters. The molecule has 0 heterocycles. The quantitative estimate of drug-likeness (QED) is 0.794. The standard InChI is InChI=1S/C18H28N2O2/c1-13(2)14-6-8-17(9-7-14)22-11-10-20-18(21)15-4-3-5-16(19)12-15/h6-9,13,15-16H,3-5,10-12,19H2,1-2H3,(H,20,21). The summed E-state index contributed by atoms with van der Waals surface area (Å²) in [5.41, 5.74) is 7.22. The van der Waals surface area contributed by atoms with Crippen molar-refractivity contribution in [2.75, 3.05) is 13.2 Å². The summed E-state index contributed by atoms with van der Waals surface area (Å²) in [5.74, 6) is 1.57. The van der Waals surface area contributed by atoms with Gasteiger partial charge < -0.3 is 15.8 Å². The van der Waals surface area contributed by atoms with Gasteiger partial charge in [-0.3, -0.25) is 4.79 Å². The summed E-state index contributed by atoms with van der Waals surface area (Å²) in [6, 6.07) is 8.32. The smallest absolute Gasteiger partial charge is 0.223 e. The van der Waals surface area contributed by atoms with Crippen LogP contribution in [0.5, 0.6) is 5.75 Å². The molecule has 4 nitrogen and oxygen atoms in total. The van der Waals surface area contributed by atoms with Gasteiger partial charge >= 0.3 is 0 Å². The lowest BCUT2D eigenvalue weighted by Crippen LogP contribution is -2.39. The number of benzene rings is 1. The minimum Gasteiger partial charge on any atom is -0.492 e. The predicted octanol–water partition coefficient (Wildman–Crippen LogP) is 2.82. The van der Waals surface area contributed by atoms with Gasteiger partial charge in [-0.2, -0.15) is 0 Å². The Morgan fingerprint density at radius 1 is 1.32 bits per heavy atom. The molecule has 2 rings (SSSR count). The van der Waals surface area contributed by atoms with Gasteiger partial charge in [0.15, 0.2) is 0 Å². The molecule has 1 aromatic rings. The molecule has 1 aromatic carbocycles. The number of nitrogens with one attached hydrogen (secondary N) is 1. The average molecular weight is 304 g/mol. The van der Waals surface area contributed by atoms with Crippen LogP contribution in [0.3, 0.4) is 0 Å². The number of nitrogens with two attached hydrogens (primary N) is 1.